The third-order valence-electron chi connectivity index (χ3n) is 16.6. The van der Waals surface area contributed by atoms with E-state index in [2.05, 4.69) is 61.5 Å². The molecule has 5 amide bonds. The first-order valence-electron chi connectivity index (χ1n) is 37.3. The van der Waals surface area contributed by atoms with E-state index in [-0.39, 0.29) is 71.5 Å². The molecule has 0 unspecified atom stereocenters. The van der Waals surface area contributed by atoms with Gasteiger partial charge in [-0.2, -0.15) is 13.2 Å². The summed E-state index contributed by atoms with van der Waals surface area (Å²) >= 11 is 5.81. The molecule has 8 aromatic carbocycles. The van der Waals surface area contributed by atoms with E-state index in [1.807, 2.05) is 44.2 Å². The predicted molar refractivity (Wildman–Crippen MR) is 470 cm³/mol. The van der Waals surface area contributed by atoms with Crippen molar-refractivity contribution in [3.05, 3.63) is 402 Å². The Bertz CT molecular complexity index is 6140. The lowest BCUT2D eigenvalue weighted by atomic mass is 10.1. The van der Waals surface area contributed by atoms with Crippen LogP contribution in [0.4, 0.5) is 54.8 Å². The van der Waals surface area contributed by atoms with E-state index < -0.39 is 35.3 Å². The largest absolute Gasteiger partial charge is 0.481 e. The monoisotopic (exact) mass is 1730 g/mol. The second-order valence-corrected chi connectivity index (χ2v) is 26.7. The number of amides is 5. The molecule has 30 heteroatoms. The fourth-order valence-corrected chi connectivity index (χ4v) is 11.0. The Kier molecular flexibility index (Phi) is 34.2. The fraction of sp³-hybridized carbons (Fsp3) is 0.0833. The maximum atomic E-state index is 13.7. The van der Waals surface area contributed by atoms with Crippen LogP contribution in [0.2, 0.25) is 5.02 Å². The summed E-state index contributed by atoms with van der Waals surface area (Å²) in [5.41, 5.74) is 4.49. The topological polar surface area (TPSA) is 291 Å². The number of aryl methyl sites for hydroxylation is 2. The second-order valence-electron chi connectivity index (χ2n) is 26.3. The molecule has 15 aromatic rings. The van der Waals surface area contributed by atoms with E-state index in [9.17, 15) is 50.3 Å². The van der Waals surface area contributed by atoms with E-state index in [1.165, 1.54) is 55.8 Å². The Balaban J connectivity index is 0.000000178. The van der Waals surface area contributed by atoms with Crippen molar-refractivity contribution in [3.63, 3.8) is 0 Å². The summed E-state index contributed by atoms with van der Waals surface area (Å²) in [5.74, 6) is -0.333. The molecule has 0 aliphatic rings. The predicted octanol–water partition coefficient (Wildman–Crippen LogP) is 24.2. The maximum absolute atomic E-state index is 13.7. The number of rotatable bonds is 22. The summed E-state index contributed by atoms with van der Waals surface area (Å²) in [6.45, 7) is 4.52. The molecule has 0 aliphatic carbocycles. The summed E-state index contributed by atoms with van der Waals surface area (Å²) in [4.78, 5) is 89.1. The number of aromatic nitrogens is 7. The molecule has 5 N–H and O–H groups in total. The normalized spacial score (nSPS) is 10.4. The van der Waals surface area contributed by atoms with Crippen molar-refractivity contribution < 1.29 is 78.7 Å². The van der Waals surface area contributed by atoms with Gasteiger partial charge in [0.2, 0.25) is 5.88 Å². The molecule has 15 rings (SSSR count). The number of methoxy groups -OCH3 is 1. The first kappa shape index (κ1) is 93.7. The minimum atomic E-state index is -4.50. The SMILES string of the molecule is C.C.CC(F)(F)c1cccc(C(=O)Nc2cccc(Oc3cccnc3)c2)c1.COc1cccc(C(=O)Nc2cccc(Oc3cccnc3)c2)n1.Cc1cccc(C(=O)Nc2cccc(Oc3cccnc3)c2)n1.Cc1cccc(C(=O)Nc2cccc(Oc3cncc(C(F)(F)F)c3)c2)c1.O=C(Nc1cccc(Oc2cccnc2)c1)c1cc(Cl)ccc1F. The standard InChI is InChI=1S/C20H15F3N2O2.C20H16F2N2O2.C18H12ClFN2O2.C18H15N3O3.C18H15N3O2.2CH4/c1-13-4-2-5-14(8-13)19(26)25-16-6-3-7-17(10-16)27-18-9-15(11-24-12-18)20(21,22)23;1-20(21,22)15-6-2-5-14(11-15)19(25)24-16-7-3-8-17(12-16)26-18-9-4-10-23-13-18;19-12-6-7-17(20)16(9-12)18(23)22-13-3-1-4-14(10-13)24-15-5-2-8-21-11-15;1-23-17-9-3-8-16(21-17)18(22)20-13-5-2-6-14(11-13)24-15-7-4-10-19-12-15;1-13-5-2-9-17(20-13)18(22)21-14-6-3-7-15(11-14)23-16-8-4-10-19-12-16;;/h2-12H,1H3,(H,25,26);2-13H,1H3,(H,24,25);1-11H,(H,22,23);2-12H,1H3,(H,20,22);2-12H,1H3,(H,21,22);2*1H4. The van der Waals surface area contributed by atoms with Crippen molar-refractivity contribution in [1.29, 1.82) is 0 Å². The number of carbonyl (C=O) groups excluding carboxylic acids is 5. The van der Waals surface area contributed by atoms with Gasteiger partial charge in [-0.05, 0) is 190 Å². The minimum absolute atomic E-state index is 0. The van der Waals surface area contributed by atoms with E-state index in [4.69, 9.17) is 40.0 Å². The minimum Gasteiger partial charge on any atom is -0.481 e. The Morgan fingerprint density at radius 1 is 0.341 bits per heavy atom. The molecule has 7 heterocycles. The van der Waals surface area contributed by atoms with Crippen molar-refractivity contribution >= 4 is 69.6 Å². The van der Waals surface area contributed by atoms with E-state index in [1.54, 1.807) is 244 Å². The van der Waals surface area contributed by atoms with E-state index in [0.29, 0.717) is 91.6 Å². The van der Waals surface area contributed by atoms with Gasteiger partial charge in [-0.3, -0.25) is 48.9 Å². The first-order chi connectivity index (χ1) is 59.8. The number of nitrogens with one attached hydrogen (secondary N) is 5. The number of pyridine rings is 7. The number of carbonyl (C=O) groups is 5. The molecule has 7 aromatic heterocycles. The maximum Gasteiger partial charge on any atom is 0.418 e. The zero-order valence-electron chi connectivity index (χ0n) is 66.1. The highest BCUT2D eigenvalue weighted by Gasteiger charge is 2.32. The summed E-state index contributed by atoms with van der Waals surface area (Å²) in [6.07, 6.45) is 10.4. The number of ether oxygens (including phenoxy) is 6. The van der Waals surface area contributed by atoms with Crippen molar-refractivity contribution in [2.24, 2.45) is 0 Å². The van der Waals surface area contributed by atoms with Crippen LogP contribution in [0.5, 0.6) is 63.4 Å². The van der Waals surface area contributed by atoms with Gasteiger partial charge in [0.25, 0.3) is 35.5 Å². The molecule has 0 saturated heterocycles. The molecule has 0 radical (unpaired) electrons. The van der Waals surface area contributed by atoms with Crippen LogP contribution >= 0.6 is 11.6 Å². The van der Waals surface area contributed by atoms with Crippen molar-refractivity contribution in [2.75, 3.05) is 33.7 Å². The summed E-state index contributed by atoms with van der Waals surface area (Å²) in [5, 5.41) is 13.9. The van der Waals surface area contributed by atoms with Crippen LogP contribution in [-0.2, 0) is 12.1 Å². The first-order valence-corrected chi connectivity index (χ1v) is 37.7. The molecule has 0 atom stereocenters. The Morgan fingerprint density at radius 2 is 0.706 bits per heavy atom. The molecule has 0 fully saturated rings. The lowest BCUT2D eigenvalue weighted by Gasteiger charge is -2.12. The number of benzene rings is 8. The highest BCUT2D eigenvalue weighted by Crippen LogP contribution is 2.35. The van der Waals surface area contributed by atoms with Gasteiger partial charge in [-0.1, -0.05) is 98.7 Å². The number of anilines is 5. The van der Waals surface area contributed by atoms with Gasteiger partial charge in [-0.15, -0.1) is 0 Å². The van der Waals surface area contributed by atoms with Gasteiger partial charge in [-0.25, -0.2) is 23.1 Å². The van der Waals surface area contributed by atoms with Crippen LogP contribution in [0.1, 0.15) is 96.2 Å². The Morgan fingerprint density at radius 3 is 1.10 bits per heavy atom. The van der Waals surface area contributed by atoms with Crippen LogP contribution < -0.4 is 55.0 Å². The van der Waals surface area contributed by atoms with Gasteiger partial charge in [0.05, 0.1) is 49.2 Å². The smallest absolute Gasteiger partial charge is 0.418 e. The van der Waals surface area contributed by atoms with Crippen molar-refractivity contribution in [2.45, 2.75) is 47.7 Å². The number of halogens is 7. The highest BCUT2D eigenvalue weighted by atomic mass is 35.5. The van der Waals surface area contributed by atoms with Crippen LogP contribution in [0.15, 0.2) is 341 Å². The van der Waals surface area contributed by atoms with Crippen LogP contribution in [0.3, 0.4) is 0 Å². The molecule has 23 nitrogen and oxygen atoms in total. The molecular formula is C96H81ClF6N12O11. The molecule has 640 valence electrons. The third-order valence-corrected chi connectivity index (χ3v) is 16.8. The van der Waals surface area contributed by atoms with E-state index >= 15 is 0 Å². The Hall–Kier alpha value is -16.2. The molecule has 0 spiro atoms. The number of nitrogens with zero attached hydrogens (tertiary/aromatic N) is 7. The summed E-state index contributed by atoms with van der Waals surface area (Å²) in [6, 6.07) is 75.9. The quantitative estimate of drug-likeness (QED) is 0.0394. The molecule has 0 saturated carbocycles. The number of hydrogen-bond donors (Lipinski definition) is 5. The van der Waals surface area contributed by atoms with Gasteiger partial charge in [0.15, 0.2) is 0 Å². The van der Waals surface area contributed by atoms with Crippen molar-refractivity contribution in [1.82, 2.24) is 34.9 Å². The summed E-state index contributed by atoms with van der Waals surface area (Å²) in [7, 11) is 1.50. The van der Waals surface area contributed by atoms with Crippen LogP contribution in [0.25, 0.3) is 0 Å². The van der Waals surface area contributed by atoms with Gasteiger partial charge in [0, 0.05) is 130 Å². The molecule has 0 bridgehead atoms. The lowest BCUT2D eigenvalue weighted by Crippen LogP contribution is -2.14. The average Bonchev–Trinajstić information content (AvgIpc) is 0.856. The second kappa shape index (κ2) is 46.0. The van der Waals surface area contributed by atoms with Crippen LogP contribution in [-0.4, -0.2) is 71.5 Å². The molecule has 126 heavy (non-hydrogen) atoms. The highest BCUT2D eigenvalue weighted by molar-refractivity contribution is 6.31. The van der Waals surface area contributed by atoms with E-state index in [0.717, 1.165) is 36.5 Å². The number of alkyl halides is 5. The Labute approximate surface area is 726 Å². The summed E-state index contributed by atoms with van der Waals surface area (Å²) < 4.78 is 112. The zero-order valence-corrected chi connectivity index (χ0v) is 66.9. The van der Waals surface area contributed by atoms with Gasteiger partial charge >= 0.3 is 6.18 Å². The molecular weight excluding hydrogens is 1650 g/mol. The lowest BCUT2D eigenvalue weighted by molar-refractivity contribution is -0.137. The fourth-order valence-electron chi connectivity index (χ4n) is 10.8. The zero-order chi connectivity index (χ0) is 87.8. The van der Waals surface area contributed by atoms with Crippen molar-refractivity contribution in [3.8, 4) is 63.4 Å². The number of hydrogen-bond acceptors (Lipinski definition) is 18. The van der Waals surface area contributed by atoms with Gasteiger partial charge < -0.3 is 55.0 Å². The van der Waals surface area contributed by atoms with Crippen LogP contribution in [0, 0.1) is 19.7 Å². The average molecular weight is 1730 g/mol. The van der Waals surface area contributed by atoms with Gasteiger partial charge in [0.1, 0.15) is 74.7 Å². The molecule has 0 aliphatic heterocycles. The third kappa shape index (κ3) is 29.9.